The molecule has 0 saturated carbocycles. The Kier molecular flexibility index (Phi) is 5.64. The first-order valence-corrected chi connectivity index (χ1v) is 7.73. The topological polar surface area (TPSA) is 49.4 Å². The number of carbonyl (C=O) groups is 2. The Hall–Kier alpha value is -2.04. The van der Waals surface area contributed by atoms with Crippen molar-refractivity contribution in [3.63, 3.8) is 0 Å². The summed E-state index contributed by atoms with van der Waals surface area (Å²) in [5.41, 5.74) is 1.86. The molecule has 0 saturated heterocycles. The van der Waals surface area contributed by atoms with Gasteiger partial charge in [-0.25, -0.2) is 0 Å². The smallest absolute Gasteiger partial charge is 0.244 e. The van der Waals surface area contributed by atoms with Crippen LogP contribution in [0.3, 0.4) is 0 Å². The number of amides is 2. The third-order valence-electron chi connectivity index (χ3n) is 3.36. The summed E-state index contributed by atoms with van der Waals surface area (Å²) in [5.74, 6) is -0.586. The maximum Gasteiger partial charge on any atom is 0.244 e. The Balaban J connectivity index is 2.20. The lowest BCUT2D eigenvalue weighted by Gasteiger charge is -2.23. The van der Waals surface area contributed by atoms with E-state index in [-0.39, 0.29) is 18.4 Å². The summed E-state index contributed by atoms with van der Waals surface area (Å²) in [6.07, 6.45) is 0. The number of carbonyl (C=O) groups excluding carboxylic acids is 2. The van der Waals surface area contributed by atoms with E-state index in [9.17, 15) is 9.59 Å². The van der Waals surface area contributed by atoms with Crippen LogP contribution in [0.1, 0.15) is 12.5 Å². The molecule has 0 aliphatic rings. The van der Waals surface area contributed by atoms with Gasteiger partial charge in [0.1, 0.15) is 6.54 Å². The molecule has 0 bridgehead atoms. The van der Waals surface area contributed by atoms with Crippen LogP contribution in [-0.2, 0) is 9.59 Å². The molecule has 0 heterocycles. The van der Waals surface area contributed by atoms with E-state index in [1.807, 2.05) is 0 Å². The van der Waals surface area contributed by atoms with Gasteiger partial charge in [-0.2, -0.15) is 0 Å². The number of benzene rings is 2. The van der Waals surface area contributed by atoms with Crippen molar-refractivity contribution in [2.75, 3.05) is 16.8 Å². The van der Waals surface area contributed by atoms with Gasteiger partial charge in [-0.3, -0.25) is 9.59 Å². The lowest BCUT2D eigenvalue weighted by Crippen LogP contribution is -2.37. The highest BCUT2D eigenvalue weighted by molar-refractivity contribution is 6.33. The molecule has 0 unspecified atom stereocenters. The third-order valence-corrected chi connectivity index (χ3v) is 4.10. The fourth-order valence-corrected chi connectivity index (χ4v) is 2.50. The van der Waals surface area contributed by atoms with E-state index in [2.05, 4.69) is 5.32 Å². The number of hydrogen-bond donors (Lipinski definition) is 1. The van der Waals surface area contributed by atoms with E-state index >= 15 is 0 Å². The van der Waals surface area contributed by atoms with Crippen LogP contribution in [0.25, 0.3) is 0 Å². The molecule has 2 aromatic carbocycles. The lowest BCUT2D eigenvalue weighted by molar-refractivity contribution is -0.120. The van der Waals surface area contributed by atoms with Crippen LogP contribution < -0.4 is 10.2 Å². The molecule has 0 aliphatic carbocycles. The summed E-state index contributed by atoms with van der Waals surface area (Å²) in [4.78, 5) is 25.6. The van der Waals surface area contributed by atoms with Crippen LogP contribution in [0.5, 0.6) is 0 Å². The van der Waals surface area contributed by atoms with Crippen LogP contribution in [0.2, 0.25) is 10.0 Å². The van der Waals surface area contributed by atoms with E-state index in [1.54, 1.807) is 49.4 Å². The zero-order valence-corrected chi connectivity index (χ0v) is 14.3. The number of halogens is 2. The molecule has 0 atom stereocenters. The van der Waals surface area contributed by atoms with E-state index in [4.69, 9.17) is 23.2 Å². The van der Waals surface area contributed by atoms with Crippen LogP contribution in [0.15, 0.2) is 42.5 Å². The molecule has 0 radical (unpaired) electrons. The molecule has 2 aromatic rings. The summed E-state index contributed by atoms with van der Waals surface area (Å²) in [7, 11) is 0. The minimum absolute atomic E-state index is 0.123. The van der Waals surface area contributed by atoms with E-state index in [1.165, 1.54) is 11.8 Å². The second kappa shape index (κ2) is 7.49. The number of anilines is 2. The lowest BCUT2D eigenvalue weighted by atomic mass is 10.1. The Bertz CT molecular complexity index is 747. The fourth-order valence-electron chi connectivity index (χ4n) is 2.15. The van der Waals surface area contributed by atoms with Gasteiger partial charge in [0.05, 0.1) is 10.7 Å². The van der Waals surface area contributed by atoms with Gasteiger partial charge < -0.3 is 10.2 Å². The van der Waals surface area contributed by atoms with Gasteiger partial charge >= 0.3 is 0 Å². The van der Waals surface area contributed by atoms with Crippen molar-refractivity contribution in [3.05, 3.63) is 58.1 Å². The molecule has 4 nitrogen and oxygen atoms in total. The molecule has 0 fully saturated rings. The Morgan fingerprint density at radius 1 is 1.04 bits per heavy atom. The van der Waals surface area contributed by atoms with Crippen LogP contribution in [0, 0.1) is 6.92 Å². The van der Waals surface area contributed by atoms with Gasteiger partial charge in [-0.15, -0.1) is 0 Å². The van der Waals surface area contributed by atoms with Crippen LogP contribution in [-0.4, -0.2) is 18.4 Å². The van der Waals surface area contributed by atoms with E-state index in [0.717, 1.165) is 5.56 Å². The first kappa shape index (κ1) is 17.3. The average molecular weight is 351 g/mol. The maximum absolute atomic E-state index is 12.3. The highest BCUT2D eigenvalue weighted by Gasteiger charge is 2.19. The highest BCUT2D eigenvalue weighted by atomic mass is 35.5. The van der Waals surface area contributed by atoms with Gasteiger partial charge in [-0.1, -0.05) is 41.4 Å². The molecule has 0 aromatic heterocycles. The van der Waals surface area contributed by atoms with Crippen molar-refractivity contribution in [1.29, 1.82) is 0 Å². The second-order valence-corrected chi connectivity index (χ2v) is 5.83. The maximum atomic E-state index is 12.3. The predicted octanol–water partition coefficient (Wildman–Crippen LogP) is 4.29. The molecule has 0 spiro atoms. The van der Waals surface area contributed by atoms with Crippen molar-refractivity contribution in [3.8, 4) is 0 Å². The minimum atomic E-state index is -0.340. The van der Waals surface area contributed by atoms with Crippen LogP contribution in [0.4, 0.5) is 11.4 Å². The first-order chi connectivity index (χ1) is 10.9. The van der Waals surface area contributed by atoms with Gasteiger partial charge in [0, 0.05) is 17.6 Å². The molecule has 120 valence electrons. The summed E-state index contributed by atoms with van der Waals surface area (Å²) < 4.78 is 0. The minimum Gasteiger partial charge on any atom is -0.323 e. The molecule has 1 N–H and O–H groups in total. The standard InChI is InChI=1S/C17H16Cl2N2O2/c1-11-13(18)7-5-9-16(11)21(12(2)22)10-17(23)20-15-8-4-3-6-14(15)19/h3-9H,10H2,1-2H3,(H,20,23). The number of rotatable bonds is 4. The Labute approximate surface area is 145 Å². The summed E-state index contributed by atoms with van der Waals surface area (Å²) in [6.45, 7) is 3.09. The summed E-state index contributed by atoms with van der Waals surface area (Å²) in [5, 5.41) is 3.68. The van der Waals surface area contributed by atoms with Crippen molar-refractivity contribution < 1.29 is 9.59 Å². The quantitative estimate of drug-likeness (QED) is 0.893. The monoisotopic (exact) mass is 350 g/mol. The zero-order valence-electron chi connectivity index (χ0n) is 12.8. The van der Waals surface area contributed by atoms with Gasteiger partial charge in [-0.05, 0) is 36.8 Å². The summed E-state index contributed by atoms with van der Waals surface area (Å²) in [6, 6.07) is 12.2. The number of nitrogens with one attached hydrogen (secondary N) is 1. The Morgan fingerprint density at radius 3 is 2.35 bits per heavy atom. The number of hydrogen-bond acceptors (Lipinski definition) is 2. The SMILES string of the molecule is CC(=O)N(CC(=O)Nc1ccccc1Cl)c1cccc(Cl)c1C. The van der Waals surface area contributed by atoms with Crippen molar-refractivity contribution in [2.24, 2.45) is 0 Å². The Morgan fingerprint density at radius 2 is 1.70 bits per heavy atom. The molecule has 6 heteroatoms. The van der Waals surface area contributed by atoms with Crippen molar-refractivity contribution in [1.82, 2.24) is 0 Å². The van der Waals surface area contributed by atoms with Gasteiger partial charge in [0.15, 0.2) is 0 Å². The normalized spacial score (nSPS) is 10.3. The van der Waals surface area contributed by atoms with E-state index < -0.39 is 0 Å². The van der Waals surface area contributed by atoms with Crippen LogP contribution >= 0.6 is 23.2 Å². The molecule has 23 heavy (non-hydrogen) atoms. The molecule has 2 rings (SSSR count). The van der Waals surface area contributed by atoms with Crippen molar-refractivity contribution >= 4 is 46.4 Å². The second-order valence-electron chi connectivity index (χ2n) is 5.02. The highest BCUT2D eigenvalue weighted by Crippen LogP contribution is 2.27. The molecule has 2 amide bonds. The number of para-hydroxylation sites is 1. The average Bonchev–Trinajstić information content (AvgIpc) is 2.50. The largest absolute Gasteiger partial charge is 0.323 e. The summed E-state index contributed by atoms with van der Waals surface area (Å²) >= 11 is 12.1. The first-order valence-electron chi connectivity index (χ1n) is 6.97. The molecular weight excluding hydrogens is 335 g/mol. The van der Waals surface area contributed by atoms with Gasteiger partial charge in [0.2, 0.25) is 11.8 Å². The molecular formula is C17H16Cl2N2O2. The van der Waals surface area contributed by atoms with E-state index in [0.29, 0.717) is 21.4 Å². The third kappa shape index (κ3) is 4.24. The van der Waals surface area contributed by atoms with Gasteiger partial charge in [0.25, 0.3) is 0 Å². The van der Waals surface area contributed by atoms with Crippen molar-refractivity contribution in [2.45, 2.75) is 13.8 Å². The predicted molar refractivity (Wildman–Crippen MR) is 94.3 cm³/mol. The molecule has 0 aliphatic heterocycles. The number of nitrogens with zero attached hydrogens (tertiary/aromatic N) is 1. The fraction of sp³-hybridized carbons (Fsp3) is 0.176. The zero-order chi connectivity index (χ0) is 17.0.